The number of nitrogens with zero attached hydrogens (tertiary/aromatic N) is 1. The molecule has 1 aromatic rings. The zero-order valence-electron chi connectivity index (χ0n) is 11.4. The molecular weight excluding hydrogens is 259 g/mol. The predicted molar refractivity (Wildman–Crippen MR) is 72.8 cm³/mol. The standard InChI is InChI=1S/C15H17FN2O2/c1-10-4-3-7-15(9-10)13(19)18(14(20)17-15)12-6-2-5-11(16)8-12/h2,5-6,8,10H,3-4,7,9H2,1H3,(H,17,20). The fourth-order valence-corrected chi connectivity index (χ4v) is 3.33. The summed E-state index contributed by atoms with van der Waals surface area (Å²) in [6.07, 6.45) is 3.31. The highest BCUT2D eigenvalue weighted by Gasteiger charge is 2.53. The lowest BCUT2D eigenvalue weighted by Gasteiger charge is -2.34. The van der Waals surface area contributed by atoms with Crippen molar-refractivity contribution in [1.29, 1.82) is 0 Å². The first-order valence-corrected chi connectivity index (χ1v) is 6.94. The molecule has 20 heavy (non-hydrogen) atoms. The number of rotatable bonds is 1. The third-order valence-electron chi connectivity index (χ3n) is 4.23. The van der Waals surface area contributed by atoms with Gasteiger partial charge in [-0.3, -0.25) is 4.79 Å². The van der Waals surface area contributed by atoms with Gasteiger partial charge in [-0.15, -0.1) is 0 Å². The molecule has 0 bridgehead atoms. The van der Waals surface area contributed by atoms with Crippen molar-refractivity contribution < 1.29 is 14.0 Å². The Kier molecular flexibility index (Phi) is 3.00. The van der Waals surface area contributed by atoms with Crippen molar-refractivity contribution in [1.82, 2.24) is 5.32 Å². The van der Waals surface area contributed by atoms with Crippen LogP contribution in [0.15, 0.2) is 24.3 Å². The van der Waals surface area contributed by atoms with Crippen LogP contribution in [-0.4, -0.2) is 17.5 Å². The van der Waals surface area contributed by atoms with Crippen molar-refractivity contribution in [3.63, 3.8) is 0 Å². The van der Waals surface area contributed by atoms with E-state index in [9.17, 15) is 14.0 Å². The van der Waals surface area contributed by atoms with Gasteiger partial charge in [0.2, 0.25) is 0 Å². The molecule has 1 aliphatic carbocycles. The molecule has 1 N–H and O–H groups in total. The van der Waals surface area contributed by atoms with Crippen molar-refractivity contribution in [2.24, 2.45) is 5.92 Å². The summed E-state index contributed by atoms with van der Waals surface area (Å²) < 4.78 is 13.3. The van der Waals surface area contributed by atoms with Crippen LogP contribution < -0.4 is 10.2 Å². The molecule has 106 valence electrons. The van der Waals surface area contributed by atoms with Crippen LogP contribution in [0.25, 0.3) is 0 Å². The maximum Gasteiger partial charge on any atom is 0.329 e. The van der Waals surface area contributed by atoms with E-state index in [-0.39, 0.29) is 5.91 Å². The fourth-order valence-electron chi connectivity index (χ4n) is 3.33. The van der Waals surface area contributed by atoms with E-state index >= 15 is 0 Å². The van der Waals surface area contributed by atoms with E-state index in [4.69, 9.17) is 0 Å². The summed E-state index contributed by atoms with van der Waals surface area (Å²) >= 11 is 0. The Bertz CT molecular complexity index is 575. The van der Waals surface area contributed by atoms with E-state index in [0.717, 1.165) is 17.7 Å². The number of hydrogen-bond acceptors (Lipinski definition) is 2. The average Bonchev–Trinajstić information content (AvgIpc) is 2.60. The van der Waals surface area contributed by atoms with Crippen molar-refractivity contribution in [2.75, 3.05) is 4.90 Å². The Balaban J connectivity index is 1.95. The Morgan fingerprint density at radius 3 is 2.90 bits per heavy atom. The van der Waals surface area contributed by atoms with E-state index in [1.165, 1.54) is 18.2 Å². The highest BCUT2D eigenvalue weighted by atomic mass is 19.1. The van der Waals surface area contributed by atoms with Gasteiger partial charge in [0.05, 0.1) is 5.69 Å². The number of halogens is 1. The summed E-state index contributed by atoms with van der Waals surface area (Å²) in [5, 5.41) is 2.83. The number of anilines is 1. The topological polar surface area (TPSA) is 49.4 Å². The number of carbonyl (C=O) groups excluding carboxylic acids is 2. The van der Waals surface area contributed by atoms with Crippen LogP contribution >= 0.6 is 0 Å². The summed E-state index contributed by atoms with van der Waals surface area (Å²) in [7, 11) is 0. The Morgan fingerprint density at radius 2 is 2.20 bits per heavy atom. The first kappa shape index (κ1) is 13.1. The fraction of sp³-hybridized carbons (Fsp3) is 0.467. The zero-order valence-corrected chi connectivity index (χ0v) is 11.4. The maximum atomic E-state index is 13.3. The van der Waals surface area contributed by atoms with Gasteiger partial charge in [-0.25, -0.2) is 14.1 Å². The second kappa shape index (κ2) is 4.58. The number of carbonyl (C=O) groups is 2. The number of benzene rings is 1. The van der Waals surface area contributed by atoms with Crippen LogP contribution in [0.3, 0.4) is 0 Å². The SMILES string of the molecule is CC1CCCC2(C1)NC(=O)N(c1cccc(F)c1)C2=O. The van der Waals surface area contributed by atoms with Crippen molar-refractivity contribution in [2.45, 2.75) is 38.1 Å². The number of urea groups is 1. The number of nitrogens with one attached hydrogen (secondary N) is 1. The monoisotopic (exact) mass is 276 g/mol. The lowest BCUT2D eigenvalue weighted by Crippen LogP contribution is -2.50. The van der Waals surface area contributed by atoms with Gasteiger partial charge in [-0.2, -0.15) is 0 Å². The minimum Gasteiger partial charge on any atom is -0.323 e. The van der Waals surface area contributed by atoms with Gasteiger partial charge in [0.15, 0.2) is 0 Å². The summed E-state index contributed by atoms with van der Waals surface area (Å²) in [4.78, 5) is 25.9. The van der Waals surface area contributed by atoms with Crippen molar-refractivity contribution in [3.8, 4) is 0 Å². The molecule has 1 saturated carbocycles. The Morgan fingerprint density at radius 1 is 1.40 bits per heavy atom. The molecule has 2 fully saturated rings. The van der Waals surface area contributed by atoms with E-state index in [0.29, 0.717) is 24.4 Å². The molecule has 1 saturated heterocycles. The third kappa shape index (κ3) is 1.97. The zero-order chi connectivity index (χ0) is 14.3. The van der Waals surface area contributed by atoms with Gasteiger partial charge in [0, 0.05) is 0 Å². The molecule has 3 amide bonds. The van der Waals surface area contributed by atoms with Crippen LogP contribution in [-0.2, 0) is 4.79 Å². The van der Waals surface area contributed by atoms with E-state index in [2.05, 4.69) is 12.2 Å². The molecule has 2 atom stereocenters. The molecule has 1 aromatic carbocycles. The van der Waals surface area contributed by atoms with Gasteiger partial charge in [0.25, 0.3) is 5.91 Å². The highest BCUT2D eigenvalue weighted by molar-refractivity contribution is 6.23. The third-order valence-corrected chi connectivity index (χ3v) is 4.23. The number of hydrogen-bond donors (Lipinski definition) is 1. The summed E-state index contributed by atoms with van der Waals surface area (Å²) in [5.74, 6) is -0.304. The summed E-state index contributed by atoms with van der Waals surface area (Å²) in [5.41, 5.74) is -0.497. The van der Waals surface area contributed by atoms with Crippen molar-refractivity contribution in [3.05, 3.63) is 30.1 Å². The van der Waals surface area contributed by atoms with E-state index < -0.39 is 17.4 Å². The number of amides is 3. The van der Waals surface area contributed by atoms with Gasteiger partial charge in [-0.05, 0) is 37.0 Å². The minimum atomic E-state index is -0.791. The first-order chi connectivity index (χ1) is 9.52. The molecule has 2 aliphatic rings. The van der Waals surface area contributed by atoms with Crippen LogP contribution in [0.1, 0.15) is 32.6 Å². The van der Waals surface area contributed by atoms with Crippen LogP contribution in [0.4, 0.5) is 14.9 Å². The number of imide groups is 1. The van der Waals surface area contributed by atoms with Crippen LogP contribution in [0.5, 0.6) is 0 Å². The van der Waals surface area contributed by atoms with Crippen LogP contribution in [0, 0.1) is 11.7 Å². The molecule has 1 aliphatic heterocycles. The first-order valence-electron chi connectivity index (χ1n) is 6.94. The van der Waals surface area contributed by atoms with Gasteiger partial charge in [0.1, 0.15) is 11.4 Å². The second-order valence-electron chi connectivity index (χ2n) is 5.83. The molecular formula is C15H17FN2O2. The molecule has 3 rings (SSSR count). The van der Waals surface area contributed by atoms with Crippen molar-refractivity contribution >= 4 is 17.6 Å². The highest BCUT2D eigenvalue weighted by Crippen LogP contribution is 2.38. The summed E-state index contributed by atoms with van der Waals surface area (Å²) in [6, 6.07) is 5.13. The lowest BCUT2D eigenvalue weighted by molar-refractivity contribution is -0.123. The average molecular weight is 276 g/mol. The normalized spacial score (nSPS) is 29.9. The molecule has 1 heterocycles. The van der Waals surface area contributed by atoms with Gasteiger partial charge >= 0.3 is 6.03 Å². The van der Waals surface area contributed by atoms with Gasteiger partial charge < -0.3 is 5.32 Å². The van der Waals surface area contributed by atoms with Gasteiger partial charge in [-0.1, -0.05) is 25.8 Å². The second-order valence-corrected chi connectivity index (χ2v) is 5.83. The smallest absolute Gasteiger partial charge is 0.323 e. The lowest BCUT2D eigenvalue weighted by atomic mass is 9.76. The molecule has 0 radical (unpaired) electrons. The van der Waals surface area contributed by atoms with Crippen LogP contribution in [0.2, 0.25) is 0 Å². The molecule has 0 aromatic heterocycles. The Hall–Kier alpha value is -1.91. The largest absolute Gasteiger partial charge is 0.329 e. The van der Waals surface area contributed by atoms with E-state index in [1.807, 2.05) is 0 Å². The molecule has 2 unspecified atom stereocenters. The molecule has 1 spiro atoms. The predicted octanol–water partition coefficient (Wildman–Crippen LogP) is 2.83. The van der Waals surface area contributed by atoms with E-state index in [1.54, 1.807) is 6.07 Å². The quantitative estimate of drug-likeness (QED) is 0.802. The minimum absolute atomic E-state index is 0.250. The molecule has 5 heteroatoms. The maximum absolute atomic E-state index is 13.3. The summed E-state index contributed by atoms with van der Waals surface area (Å²) in [6.45, 7) is 2.09. The Labute approximate surface area is 117 Å². The molecule has 4 nitrogen and oxygen atoms in total.